The van der Waals surface area contributed by atoms with Gasteiger partial charge in [0, 0.05) is 17.8 Å². The van der Waals surface area contributed by atoms with Gasteiger partial charge >= 0.3 is 0 Å². The first-order chi connectivity index (χ1) is 14.6. The molecule has 2 aromatic carbocycles. The molecule has 3 heterocycles. The van der Waals surface area contributed by atoms with E-state index >= 15 is 0 Å². The van der Waals surface area contributed by atoms with E-state index in [0.717, 1.165) is 23.4 Å². The molecule has 2 aromatic rings. The lowest BCUT2D eigenvalue weighted by Crippen LogP contribution is -2.44. The smallest absolute Gasteiger partial charge is 0.270 e. The molecule has 0 saturated heterocycles. The Morgan fingerprint density at radius 1 is 1.17 bits per heavy atom. The Labute approximate surface area is 179 Å². The fourth-order valence-electron chi connectivity index (χ4n) is 4.17. The molecule has 7 heteroatoms. The number of para-hydroxylation sites is 2. The van der Waals surface area contributed by atoms with Crippen molar-refractivity contribution in [2.24, 2.45) is 9.98 Å². The fraction of sp³-hybridized carbons (Fsp3) is 0.304. The number of aliphatic imine (C=N–C) groups is 2. The van der Waals surface area contributed by atoms with Crippen LogP contribution in [0.3, 0.4) is 0 Å². The third-order valence-electron chi connectivity index (χ3n) is 5.80. The number of carbonyl (C=O) groups excluding carboxylic acids is 2. The molecule has 2 amide bonds. The number of hydrogen-bond acceptors (Lipinski definition) is 5. The average molecular weight is 419 g/mol. The molecular weight excluding hydrogens is 396 g/mol. The molecule has 0 N–H and O–H groups in total. The topological polar surface area (TPSA) is 65.3 Å². The van der Waals surface area contributed by atoms with E-state index in [4.69, 9.17) is 4.99 Å². The molecular formula is C23H22N4O2S. The molecule has 2 atom stereocenters. The van der Waals surface area contributed by atoms with Gasteiger partial charge in [-0.3, -0.25) is 14.5 Å². The molecule has 3 aliphatic rings. The van der Waals surface area contributed by atoms with Crippen LogP contribution in [0, 0.1) is 0 Å². The fourth-order valence-corrected chi connectivity index (χ4v) is 5.33. The van der Waals surface area contributed by atoms with Gasteiger partial charge in [0.15, 0.2) is 5.17 Å². The summed E-state index contributed by atoms with van der Waals surface area (Å²) in [6.07, 6.45) is 1.55. The highest BCUT2D eigenvalue weighted by Gasteiger charge is 2.41. The first-order valence-electron chi connectivity index (χ1n) is 10.2. The number of carbonyl (C=O) groups is 2. The molecule has 0 aromatic heterocycles. The Kier molecular flexibility index (Phi) is 4.70. The lowest BCUT2D eigenvalue weighted by molar-refractivity contribution is -0.119. The Morgan fingerprint density at radius 3 is 2.77 bits per heavy atom. The molecule has 0 spiro atoms. The highest BCUT2D eigenvalue weighted by molar-refractivity contribution is 8.15. The van der Waals surface area contributed by atoms with Crippen molar-refractivity contribution in [3.05, 3.63) is 59.7 Å². The zero-order chi connectivity index (χ0) is 20.8. The van der Waals surface area contributed by atoms with Gasteiger partial charge in [-0.15, -0.1) is 0 Å². The summed E-state index contributed by atoms with van der Waals surface area (Å²) < 4.78 is 0. The highest BCUT2D eigenvalue weighted by Crippen LogP contribution is 2.37. The zero-order valence-corrected chi connectivity index (χ0v) is 17.7. The number of rotatable bonds is 3. The number of thioether (sulfide) groups is 1. The molecule has 0 aliphatic carbocycles. The third-order valence-corrected chi connectivity index (χ3v) is 7.12. The number of anilines is 1. The van der Waals surface area contributed by atoms with Crippen molar-refractivity contribution in [3.63, 3.8) is 0 Å². The lowest BCUT2D eigenvalue weighted by atomic mass is 10.1. The molecule has 2 unspecified atom stereocenters. The van der Waals surface area contributed by atoms with Gasteiger partial charge in [0.05, 0.1) is 10.9 Å². The predicted molar refractivity (Wildman–Crippen MR) is 121 cm³/mol. The number of amides is 2. The maximum absolute atomic E-state index is 13.4. The quantitative estimate of drug-likeness (QED) is 0.761. The minimum Gasteiger partial charge on any atom is -0.311 e. The van der Waals surface area contributed by atoms with Crippen LogP contribution in [-0.2, 0) is 16.0 Å². The molecule has 3 aliphatic heterocycles. The van der Waals surface area contributed by atoms with Crippen molar-refractivity contribution in [3.8, 4) is 0 Å². The Bertz CT molecular complexity index is 1110. The van der Waals surface area contributed by atoms with E-state index in [1.807, 2.05) is 66.1 Å². The van der Waals surface area contributed by atoms with Crippen LogP contribution < -0.4 is 4.90 Å². The van der Waals surface area contributed by atoms with E-state index in [2.05, 4.69) is 11.1 Å². The van der Waals surface area contributed by atoms with E-state index in [0.29, 0.717) is 24.0 Å². The summed E-state index contributed by atoms with van der Waals surface area (Å²) in [5.74, 6) is 0.544. The van der Waals surface area contributed by atoms with Gasteiger partial charge < -0.3 is 4.90 Å². The second kappa shape index (κ2) is 7.40. The summed E-state index contributed by atoms with van der Waals surface area (Å²) in [5, 5.41) is 0.378. The largest absolute Gasteiger partial charge is 0.311 e. The van der Waals surface area contributed by atoms with Gasteiger partial charge in [-0.05, 0) is 43.5 Å². The van der Waals surface area contributed by atoms with Crippen LogP contribution in [0.2, 0.25) is 0 Å². The monoisotopic (exact) mass is 418 g/mol. The molecule has 30 heavy (non-hydrogen) atoms. The molecule has 6 nitrogen and oxygen atoms in total. The number of benzene rings is 2. The Hall–Kier alpha value is -2.93. The van der Waals surface area contributed by atoms with Gasteiger partial charge in [0.2, 0.25) is 5.91 Å². The van der Waals surface area contributed by atoms with Crippen LogP contribution in [0.15, 0.2) is 58.5 Å². The molecule has 0 bridgehead atoms. The minimum atomic E-state index is -0.417. The normalized spacial score (nSPS) is 20.3. The van der Waals surface area contributed by atoms with Crippen molar-refractivity contribution in [1.29, 1.82) is 0 Å². The van der Waals surface area contributed by atoms with Crippen molar-refractivity contribution in [2.75, 3.05) is 11.4 Å². The van der Waals surface area contributed by atoms with Gasteiger partial charge in [-0.25, -0.2) is 4.99 Å². The average Bonchev–Trinajstić information content (AvgIpc) is 3.33. The van der Waals surface area contributed by atoms with Crippen molar-refractivity contribution in [2.45, 2.75) is 38.0 Å². The van der Waals surface area contributed by atoms with Crippen LogP contribution in [-0.4, -0.2) is 45.6 Å². The molecule has 0 saturated carbocycles. The summed E-state index contributed by atoms with van der Waals surface area (Å²) in [6.45, 7) is 4.56. The van der Waals surface area contributed by atoms with E-state index in [-0.39, 0.29) is 17.1 Å². The predicted octanol–water partition coefficient (Wildman–Crippen LogP) is 3.77. The summed E-state index contributed by atoms with van der Waals surface area (Å²) in [6, 6.07) is 15.4. The van der Waals surface area contributed by atoms with Gasteiger partial charge in [0.1, 0.15) is 11.9 Å². The van der Waals surface area contributed by atoms with E-state index < -0.39 is 6.04 Å². The van der Waals surface area contributed by atoms with E-state index in [1.54, 1.807) is 0 Å². The van der Waals surface area contributed by atoms with Gasteiger partial charge in [-0.1, -0.05) is 49.0 Å². The molecule has 0 radical (unpaired) electrons. The van der Waals surface area contributed by atoms with Crippen molar-refractivity contribution >= 4 is 46.0 Å². The van der Waals surface area contributed by atoms with Crippen LogP contribution in [0.5, 0.6) is 0 Å². The molecule has 0 fully saturated rings. The highest BCUT2D eigenvalue weighted by atomic mass is 32.2. The second-order valence-corrected chi connectivity index (χ2v) is 8.78. The van der Waals surface area contributed by atoms with Crippen molar-refractivity contribution in [1.82, 2.24) is 4.90 Å². The Balaban J connectivity index is 1.47. The molecule has 152 valence electrons. The lowest BCUT2D eigenvalue weighted by Gasteiger charge is -2.31. The zero-order valence-electron chi connectivity index (χ0n) is 16.9. The second-order valence-electron chi connectivity index (χ2n) is 7.61. The Morgan fingerprint density at radius 2 is 1.93 bits per heavy atom. The summed E-state index contributed by atoms with van der Waals surface area (Å²) in [4.78, 5) is 38.7. The standard InChI is InChI=1S/C23H22N4O2S/c1-3-19(22(29)26-13-12-15-8-4-7-11-18(15)26)30-23-24-17-10-6-5-9-16(17)20-25-21(28)14(2)27(20)23/h4-11,14,19H,3,12-13H2,1-2H3. The number of hydrogen-bond donors (Lipinski definition) is 0. The summed E-state index contributed by atoms with van der Waals surface area (Å²) in [7, 11) is 0. The number of fused-ring (bicyclic) bond motifs is 4. The maximum atomic E-state index is 13.4. The van der Waals surface area contributed by atoms with Crippen LogP contribution in [0.4, 0.5) is 11.4 Å². The molecule has 5 rings (SSSR count). The summed E-state index contributed by atoms with van der Waals surface area (Å²) in [5.41, 5.74) is 3.85. The maximum Gasteiger partial charge on any atom is 0.270 e. The van der Waals surface area contributed by atoms with Crippen molar-refractivity contribution < 1.29 is 9.59 Å². The van der Waals surface area contributed by atoms with Crippen LogP contribution >= 0.6 is 11.8 Å². The van der Waals surface area contributed by atoms with Gasteiger partial charge in [-0.2, -0.15) is 4.99 Å². The third kappa shape index (κ3) is 2.96. The number of nitrogens with zero attached hydrogens (tertiary/aromatic N) is 4. The minimum absolute atomic E-state index is 0.0886. The van der Waals surface area contributed by atoms with E-state index in [9.17, 15) is 9.59 Å². The van der Waals surface area contributed by atoms with Crippen LogP contribution in [0.1, 0.15) is 31.4 Å². The van der Waals surface area contributed by atoms with Crippen LogP contribution in [0.25, 0.3) is 0 Å². The van der Waals surface area contributed by atoms with E-state index in [1.165, 1.54) is 17.3 Å². The first-order valence-corrected chi connectivity index (χ1v) is 11.1. The SMILES string of the molecule is CCC(SC1=Nc2ccccc2C2=NC(=O)C(C)N12)C(=O)N1CCc2ccccc21. The first kappa shape index (κ1) is 19.1. The van der Waals surface area contributed by atoms with Gasteiger partial charge in [0.25, 0.3) is 5.91 Å². The number of amidine groups is 2. The summed E-state index contributed by atoms with van der Waals surface area (Å²) >= 11 is 1.43.